The number of thiophene rings is 1. The Labute approximate surface area is 174 Å². The van der Waals surface area contributed by atoms with Crippen LogP contribution < -0.4 is 10.2 Å². The van der Waals surface area contributed by atoms with Crippen molar-refractivity contribution in [3.63, 3.8) is 0 Å². The summed E-state index contributed by atoms with van der Waals surface area (Å²) < 4.78 is 0. The first kappa shape index (κ1) is 19.6. The van der Waals surface area contributed by atoms with Crippen molar-refractivity contribution in [1.29, 1.82) is 0 Å². The molecule has 3 heterocycles. The molecule has 0 aliphatic carbocycles. The van der Waals surface area contributed by atoms with Gasteiger partial charge >= 0.3 is 0 Å². The molecule has 0 saturated carbocycles. The van der Waals surface area contributed by atoms with Crippen molar-refractivity contribution in [2.45, 2.75) is 52.2 Å². The number of rotatable bonds is 4. The van der Waals surface area contributed by atoms with Gasteiger partial charge in [-0.2, -0.15) is 0 Å². The molecule has 7 heteroatoms. The molecule has 2 atom stereocenters. The van der Waals surface area contributed by atoms with Crippen molar-refractivity contribution < 1.29 is 14.4 Å². The molecular weight excluding hydrogens is 386 g/mol. The second kappa shape index (κ2) is 6.99. The van der Waals surface area contributed by atoms with Crippen molar-refractivity contribution >= 4 is 34.7 Å². The Morgan fingerprint density at radius 3 is 2.69 bits per heavy atom. The number of nitrogens with one attached hydrogen (secondary N) is 1. The minimum atomic E-state index is -0.821. The number of hydrogen-bond acceptors (Lipinski definition) is 4. The summed E-state index contributed by atoms with van der Waals surface area (Å²) in [4.78, 5) is 44.3. The molecule has 3 amide bonds. The average Bonchev–Trinajstić information content (AvgIpc) is 3.17. The summed E-state index contributed by atoms with van der Waals surface area (Å²) >= 11 is 1.71. The third-order valence-corrected chi connectivity index (χ3v) is 6.95. The third kappa shape index (κ3) is 3.13. The number of carbonyl (C=O) groups excluding carboxylic acids is 3. The number of para-hydroxylation sites is 1. The topological polar surface area (TPSA) is 69.7 Å². The minimum absolute atomic E-state index is 0.0180. The van der Waals surface area contributed by atoms with Gasteiger partial charge in [-0.15, -0.1) is 11.3 Å². The fraction of sp³-hybridized carbons (Fsp3) is 0.409. The molecule has 29 heavy (non-hydrogen) atoms. The average molecular weight is 412 g/mol. The van der Waals surface area contributed by atoms with Gasteiger partial charge in [-0.05, 0) is 57.9 Å². The summed E-state index contributed by atoms with van der Waals surface area (Å²) in [5, 5.41) is 3.02. The smallest absolute Gasteiger partial charge is 0.258 e. The zero-order valence-electron chi connectivity index (χ0n) is 17.1. The van der Waals surface area contributed by atoms with Gasteiger partial charge in [-0.1, -0.05) is 12.1 Å². The van der Waals surface area contributed by atoms with E-state index in [0.29, 0.717) is 24.1 Å². The van der Waals surface area contributed by atoms with Crippen LogP contribution in [0.2, 0.25) is 0 Å². The van der Waals surface area contributed by atoms with Crippen molar-refractivity contribution in [2.75, 3.05) is 11.4 Å². The standard InChI is InChI=1S/C22H25N3O3S/c1-13-11-17(15(3)29-13)14(2)23-19(26)12-24-21(28)16-7-5-6-8-18(16)25-20(27)9-10-22(24,25)4/h5-8,11,14H,9-10,12H2,1-4H3,(H,23,26)/t14-,22-/m0/s1. The zero-order chi connectivity index (χ0) is 20.9. The van der Waals surface area contributed by atoms with E-state index in [1.165, 1.54) is 9.75 Å². The summed E-state index contributed by atoms with van der Waals surface area (Å²) in [6.07, 6.45) is 0.873. The molecule has 1 fully saturated rings. The Hall–Kier alpha value is -2.67. The Morgan fingerprint density at radius 2 is 2.00 bits per heavy atom. The number of aryl methyl sites for hydroxylation is 2. The van der Waals surface area contributed by atoms with Gasteiger partial charge in [0.05, 0.1) is 17.3 Å². The largest absolute Gasteiger partial charge is 0.348 e. The fourth-order valence-electron chi connectivity index (χ4n) is 4.53. The molecule has 2 aliphatic heterocycles. The molecular formula is C22H25N3O3S. The molecule has 1 aromatic heterocycles. The molecule has 6 nitrogen and oxygen atoms in total. The van der Waals surface area contributed by atoms with Gasteiger partial charge in [0.15, 0.2) is 0 Å². The van der Waals surface area contributed by atoms with Crippen LogP contribution in [-0.4, -0.2) is 34.8 Å². The maximum absolute atomic E-state index is 13.2. The molecule has 0 bridgehead atoms. The molecule has 0 unspecified atom stereocenters. The van der Waals surface area contributed by atoms with Crippen LogP contribution >= 0.6 is 11.3 Å². The highest BCUT2D eigenvalue weighted by atomic mass is 32.1. The van der Waals surface area contributed by atoms with Gasteiger partial charge < -0.3 is 10.2 Å². The monoisotopic (exact) mass is 411 g/mol. The van der Waals surface area contributed by atoms with Crippen LogP contribution in [0.15, 0.2) is 30.3 Å². The Bertz CT molecular complexity index is 1010. The number of benzene rings is 1. The lowest BCUT2D eigenvalue weighted by atomic mass is 9.98. The van der Waals surface area contributed by atoms with Crippen LogP contribution in [0.4, 0.5) is 5.69 Å². The van der Waals surface area contributed by atoms with E-state index in [0.717, 1.165) is 5.56 Å². The summed E-state index contributed by atoms with van der Waals surface area (Å²) in [5.41, 5.74) is 1.38. The van der Waals surface area contributed by atoms with Crippen LogP contribution in [0.25, 0.3) is 0 Å². The van der Waals surface area contributed by atoms with E-state index in [1.54, 1.807) is 39.3 Å². The van der Waals surface area contributed by atoms with Gasteiger partial charge in [-0.3, -0.25) is 19.3 Å². The Morgan fingerprint density at radius 1 is 1.28 bits per heavy atom. The SMILES string of the molecule is Cc1cc([C@H](C)NC(=O)CN2C(=O)c3ccccc3N3C(=O)CC[C@@]23C)c(C)s1. The van der Waals surface area contributed by atoms with E-state index < -0.39 is 5.66 Å². The first-order chi connectivity index (χ1) is 13.7. The molecule has 1 N–H and O–H groups in total. The predicted octanol–water partition coefficient (Wildman–Crippen LogP) is 3.54. The maximum Gasteiger partial charge on any atom is 0.258 e. The summed E-state index contributed by atoms with van der Waals surface area (Å²) in [6.45, 7) is 7.83. The molecule has 0 spiro atoms. The van der Waals surface area contributed by atoms with Crippen LogP contribution in [0.3, 0.4) is 0 Å². The predicted molar refractivity (Wildman–Crippen MR) is 113 cm³/mol. The number of nitrogens with zero attached hydrogens (tertiary/aromatic N) is 2. The number of fused-ring (bicyclic) bond motifs is 3. The van der Waals surface area contributed by atoms with E-state index in [-0.39, 0.29) is 30.3 Å². The molecule has 1 aromatic carbocycles. The van der Waals surface area contributed by atoms with Crippen molar-refractivity contribution in [3.8, 4) is 0 Å². The lowest BCUT2D eigenvalue weighted by molar-refractivity contribution is -0.124. The number of anilines is 1. The summed E-state index contributed by atoms with van der Waals surface area (Å²) in [6, 6.07) is 9.07. The molecule has 0 radical (unpaired) electrons. The number of carbonyl (C=O) groups is 3. The second-order valence-electron chi connectivity index (χ2n) is 8.01. The zero-order valence-corrected chi connectivity index (χ0v) is 17.9. The van der Waals surface area contributed by atoms with Gasteiger partial charge in [-0.25, -0.2) is 0 Å². The molecule has 4 rings (SSSR count). The van der Waals surface area contributed by atoms with E-state index in [9.17, 15) is 14.4 Å². The highest BCUT2D eigenvalue weighted by Gasteiger charge is 2.53. The first-order valence-electron chi connectivity index (χ1n) is 9.82. The lowest BCUT2D eigenvalue weighted by Crippen LogP contribution is -2.63. The van der Waals surface area contributed by atoms with E-state index in [1.807, 2.05) is 33.8 Å². The highest BCUT2D eigenvalue weighted by Crippen LogP contribution is 2.43. The Balaban J connectivity index is 1.59. The summed E-state index contributed by atoms with van der Waals surface area (Å²) in [7, 11) is 0. The normalized spacial score (nSPS) is 21.8. The molecule has 1 saturated heterocycles. The first-order valence-corrected chi connectivity index (χ1v) is 10.6. The number of hydrogen-bond donors (Lipinski definition) is 1. The maximum atomic E-state index is 13.2. The van der Waals surface area contributed by atoms with E-state index >= 15 is 0 Å². The van der Waals surface area contributed by atoms with E-state index in [4.69, 9.17) is 0 Å². The molecule has 152 valence electrons. The van der Waals surface area contributed by atoms with Gasteiger partial charge in [0.2, 0.25) is 11.8 Å². The van der Waals surface area contributed by atoms with Crippen molar-refractivity contribution in [1.82, 2.24) is 10.2 Å². The van der Waals surface area contributed by atoms with Crippen LogP contribution in [0, 0.1) is 13.8 Å². The second-order valence-corrected chi connectivity index (χ2v) is 9.47. The van der Waals surface area contributed by atoms with Crippen LogP contribution in [0.1, 0.15) is 58.4 Å². The fourth-order valence-corrected chi connectivity index (χ4v) is 5.55. The highest BCUT2D eigenvalue weighted by molar-refractivity contribution is 7.12. The Kier molecular flexibility index (Phi) is 4.73. The van der Waals surface area contributed by atoms with Crippen LogP contribution in [-0.2, 0) is 9.59 Å². The third-order valence-electron chi connectivity index (χ3n) is 5.97. The van der Waals surface area contributed by atoms with Gasteiger partial charge in [0.1, 0.15) is 12.2 Å². The number of amides is 3. The van der Waals surface area contributed by atoms with Gasteiger partial charge in [0, 0.05) is 16.2 Å². The van der Waals surface area contributed by atoms with Crippen molar-refractivity contribution in [3.05, 3.63) is 51.2 Å². The lowest BCUT2D eigenvalue weighted by Gasteiger charge is -2.48. The quantitative estimate of drug-likeness (QED) is 0.837. The van der Waals surface area contributed by atoms with Crippen LogP contribution in [0.5, 0.6) is 0 Å². The minimum Gasteiger partial charge on any atom is -0.348 e. The molecule has 2 aliphatic rings. The molecule has 2 aromatic rings. The van der Waals surface area contributed by atoms with Gasteiger partial charge in [0.25, 0.3) is 5.91 Å². The van der Waals surface area contributed by atoms with E-state index in [2.05, 4.69) is 11.4 Å². The summed E-state index contributed by atoms with van der Waals surface area (Å²) in [5.74, 6) is -0.455. The van der Waals surface area contributed by atoms with Crippen molar-refractivity contribution in [2.24, 2.45) is 0 Å².